The summed E-state index contributed by atoms with van der Waals surface area (Å²) in [4.78, 5) is 5.28. The van der Waals surface area contributed by atoms with E-state index in [1.807, 2.05) is 6.07 Å². The van der Waals surface area contributed by atoms with Gasteiger partial charge in [-0.1, -0.05) is 22.0 Å². The quantitative estimate of drug-likeness (QED) is 0.756. The Morgan fingerprint density at radius 2 is 2.37 bits per heavy atom. The molecule has 0 saturated carbocycles. The summed E-state index contributed by atoms with van der Waals surface area (Å²) in [5, 5.41) is 10.8. The Hall–Kier alpha value is -0.890. The van der Waals surface area contributed by atoms with Crippen LogP contribution in [0.3, 0.4) is 0 Å². The third-order valence-electron chi connectivity index (χ3n) is 2.43. The lowest BCUT2D eigenvalue weighted by molar-refractivity contribution is 0.199. The van der Waals surface area contributed by atoms with E-state index >= 15 is 0 Å². The lowest BCUT2D eigenvalue weighted by Crippen LogP contribution is -2.18. The fourth-order valence-corrected chi connectivity index (χ4v) is 2.89. The molecule has 2 aromatic rings. The molecule has 0 radical (unpaired) electrons. The van der Waals surface area contributed by atoms with Crippen LogP contribution in [0.25, 0.3) is 0 Å². The Bertz CT molecular complexity index is 506. The molecule has 0 saturated heterocycles. The van der Waals surface area contributed by atoms with Gasteiger partial charge in [-0.05, 0) is 29.5 Å². The second-order valence-electron chi connectivity index (χ2n) is 3.81. The highest BCUT2D eigenvalue weighted by Gasteiger charge is 2.07. The average molecular weight is 343 g/mol. The topological polar surface area (TPSA) is 62.8 Å². The zero-order valence-corrected chi connectivity index (χ0v) is 12.9. The SMILES string of the molecule is COCCNCc1ccc(Br)cc1Sc1ncn[nH]1. The first kappa shape index (κ1) is 14.5. The molecule has 0 amide bonds. The maximum Gasteiger partial charge on any atom is 0.188 e. The largest absolute Gasteiger partial charge is 0.383 e. The van der Waals surface area contributed by atoms with Gasteiger partial charge < -0.3 is 10.1 Å². The maximum absolute atomic E-state index is 5.02. The summed E-state index contributed by atoms with van der Waals surface area (Å²) in [5.74, 6) is 0. The molecule has 0 bridgehead atoms. The minimum Gasteiger partial charge on any atom is -0.383 e. The molecule has 19 heavy (non-hydrogen) atoms. The molecule has 7 heteroatoms. The second-order valence-corrected chi connectivity index (χ2v) is 5.76. The smallest absolute Gasteiger partial charge is 0.188 e. The summed E-state index contributed by atoms with van der Waals surface area (Å²) in [7, 11) is 1.70. The number of aromatic amines is 1. The van der Waals surface area contributed by atoms with E-state index in [2.05, 4.69) is 48.6 Å². The lowest BCUT2D eigenvalue weighted by atomic mass is 10.2. The lowest BCUT2D eigenvalue weighted by Gasteiger charge is -2.09. The highest BCUT2D eigenvalue weighted by Crippen LogP contribution is 2.30. The fourth-order valence-electron chi connectivity index (χ4n) is 1.51. The number of aromatic nitrogens is 3. The van der Waals surface area contributed by atoms with Crippen molar-refractivity contribution in [2.75, 3.05) is 20.3 Å². The van der Waals surface area contributed by atoms with Gasteiger partial charge in [0.05, 0.1) is 6.61 Å². The highest BCUT2D eigenvalue weighted by molar-refractivity contribution is 9.10. The summed E-state index contributed by atoms with van der Waals surface area (Å²) in [6.07, 6.45) is 1.51. The minimum absolute atomic E-state index is 0.709. The maximum atomic E-state index is 5.02. The van der Waals surface area contributed by atoms with E-state index < -0.39 is 0 Å². The molecular formula is C12H15BrN4OS. The fraction of sp³-hybridized carbons (Fsp3) is 0.333. The first-order chi connectivity index (χ1) is 9.29. The number of nitrogens with one attached hydrogen (secondary N) is 2. The molecule has 102 valence electrons. The number of nitrogens with zero attached hydrogens (tertiary/aromatic N) is 2. The molecule has 0 unspecified atom stereocenters. The molecule has 1 heterocycles. The normalized spacial score (nSPS) is 10.8. The number of methoxy groups -OCH3 is 1. The summed E-state index contributed by atoms with van der Waals surface area (Å²) in [5.41, 5.74) is 1.22. The first-order valence-electron chi connectivity index (χ1n) is 5.81. The van der Waals surface area contributed by atoms with Crippen LogP contribution in [0.5, 0.6) is 0 Å². The van der Waals surface area contributed by atoms with Crippen molar-refractivity contribution in [3.05, 3.63) is 34.6 Å². The molecule has 1 aromatic heterocycles. The molecule has 0 aliphatic heterocycles. The van der Waals surface area contributed by atoms with Gasteiger partial charge in [-0.3, -0.25) is 5.10 Å². The van der Waals surface area contributed by atoms with Crippen molar-refractivity contribution in [3.63, 3.8) is 0 Å². The van der Waals surface area contributed by atoms with Gasteiger partial charge in [0.2, 0.25) is 0 Å². The van der Waals surface area contributed by atoms with Crippen molar-refractivity contribution in [3.8, 4) is 0 Å². The van der Waals surface area contributed by atoms with Crippen LogP contribution < -0.4 is 5.32 Å². The van der Waals surface area contributed by atoms with E-state index in [4.69, 9.17) is 4.74 Å². The molecule has 0 fully saturated rings. The van der Waals surface area contributed by atoms with Crippen LogP contribution in [0, 0.1) is 0 Å². The third-order valence-corrected chi connectivity index (χ3v) is 3.91. The summed E-state index contributed by atoms with van der Waals surface area (Å²) in [6, 6.07) is 6.22. The number of hydrogen-bond donors (Lipinski definition) is 2. The van der Waals surface area contributed by atoms with Crippen LogP contribution >= 0.6 is 27.7 Å². The Labute approximate surface area is 124 Å². The predicted molar refractivity (Wildman–Crippen MR) is 78.2 cm³/mol. The number of H-pyrrole nitrogens is 1. The van der Waals surface area contributed by atoms with E-state index in [-0.39, 0.29) is 0 Å². The van der Waals surface area contributed by atoms with Gasteiger partial charge in [-0.25, -0.2) is 4.98 Å². The highest BCUT2D eigenvalue weighted by atomic mass is 79.9. The van der Waals surface area contributed by atoms with Gasteiger partial charge in [-0.15, -0.1) is 0 Å². The zero-order valence-electron chi connectivity index (χ0n) is 10.5. The summed E-state index contributed by atoms with van der Waals surface area (Å²) < 4.78 is 6.07. The Kier molecular flexibility index (Phi) is 5.84. The summed E-state index contributed by atoms with van der Waals surface area (Å²) in [6.45, 7) is 2.34. The average Bonchev–Trinajstić information content (AvgIpc) is 2.90. The van der Waals surface area contributed by atoms with Crippen LogP contribution in [0.2, 0.25) is 0 Å². The molecule has 5 nitrogen and oxygen atoms in total. The predicted octanol–water partition coefficient (Wildman–Crippen LogP) is 2.45. The standard InChI is InChI=1S/C12H15BrN4OS/c1-18-5-4-14-7-9-2-3-10(13)6-11(9)19-12-15-8-16-17-12/h2-3,6,8,14H,4-5,7H2,1H3,(H,15,16,17). The third kappa shape index (κ3) is 4.61. The Morgan fingerprint density at radius 3 is 3.11 bits per heavy atom. The second kappa shape index (κ2) is 7.64. The van der Waals surface area contributed by atoms with Gasteiger partial charge in [0.15, 0.2) is 5.16 Å². The summed E-state index contributed by atoms with van der Waals surface area (Å²) >= 11 is 5.06. The van der Waals surface area contributed by atoms with Crippen LogP contribution in [-0.4, -0.2) is 35.4 Å². The van der Waals surface area contributed by atoms with E-state index in [0.717, 1.165) is 27.6 Å². The Balaban J connectivity index is 2.04. The zero-order chi connectivity index (χ0) is 13.5. The van der Waals surface area contributed by atoms with Crippen LogP contribution in [0.15, 0.2) is 39.1 Å². The van der Waals surface area contributed by atoms with Crippen LogP contribution in [0.1, 0.15) is 5.56 Å². The number of benzene rings is 1. The van der Waals surface area contributed by atoms with Crippen LogP contribution in [-0.2, 0) is 11.3 Å². The van der Waals surface area contributed by atoms with Crippen molar-refractivity contribution < 1.29 is 4.74 Å². The number of ether oxygens (including phenoxy) is 1. The molecule has 2 rings (SSSR count). The molecule has 0 aliphatic rings. The molecule has 0 aliphatic carbocycles. The number of hydrogen-bond acceptors (Lipinski definition) is 5. The van der Waals surface area contributed by atoms with Crippen molar-refractivity contribution in [1.82, 2.24) is 20.5 Å². The van der Waals surface area contributed by atoms with E-state index in [1.165, 1.54) is 11.9 Å². The van der Waals surface area contributed by atoms with Crippen molar-refractivity contribution >= 4 is 27.7 Å². The van der Waals surface area contributed by atoms with E-state index in [0.29, 0.717) is 6.61 Å². The van der Waals surface area contributed by atoms with E-state index in [9.17, 15) is 0 Å². The van der Waals surface area contributed by atoms with Gasteiger partial charge in [0, 0.05) is 29.6 Å². The molecule has 1 aromatic carbocycles. The molecule has 0 atom stereocenters. The van der Waals surface area contributed by atoms with Crippen molar-refractivity contribution in [2.24, 2.45) is 0 Å². The number of halogens is 1. The van der Waals surface area contributed by atoms with Gasteiger partial charge >= 0.3 is 0 Å². The van der Waals surface area contributed by atoms with E-state index in [1.54, 1.807) is 18.9 Å². The van der Waals surface area contributed by atoms with Crippen molar-refractivity contribution in [2.45, 2.75) is 16.6 Å². The van der Waals surface area contributed by atoms with Crippen LogP contribution in [0.4, 0.5) is 0 Å². The monoisotopic (exact) mass is 342 g/mol. The Morgan fingerprint density at radius 1 is 1.47 bits per heavy atom. The molecule has 2 N–H and O–H groups in total. The number of rotatable bonds is 7. The molecule has 0 spiro atoms. The van der Waals surface area contributed by atoms with Gasteiger partial charge in [-0.2, -0.15) is 5.10 Å². The minimum atomic E-state index is 0.709. The van der Waals surface area contributed by atoms with Crippen molar-refractivity contribution in [1.29, 1.82) is 0 Å². The van der Waals surface area contributed by atoms with Gasteiger partial charge in [0.1, 0.15) is 6.33 Å². The molecular weight excluding hydrogens is 328 g/mol. The first-order valence-corrected chi connectivity index (χ1v) is 7.42. The van der Waals surface area contributed by atoms with Gasteiger partial charge in [0.25, 0.3) is 0 Å².